The Morgan fingerprint density at radius 1 is 1.13 bits per heavy atom. The Morgan fingerprint density at radius 2 is 1.97 bits per heavy atom. The van der Waals surface area contributed by atoms with Gasteiger partial charge < -0.3 is 11.1 Å². The van der Waals surface area contributed by atoms with Gasteiger partial charge in [-0.1, -0.05) is 37.1 Å². The summed E-state index contributed by atoms with van der Waals surface area (Å²) in [6.45, 7) is 2.55. The van der Waals surface area contributed by atoms with Gasteiger partial charge in [0, 0.05) is 17.6 Å². The topological polar surface area (TPSA) is 68.0 Å². The lowest BCUT2D eigenvalue weighted by Gasteiger charge is -2.19. The number of nitrogens with zero attached hydrogens (tertiary/aromatic N) is 1. The minimum absolute atomic E-state index is 0.108. The SMILES string of the molecule is Cc1ccc2c(N)c(C(=O)NCCc3ccc(C4CC[C@@H]5CCC[C@H]45)cc3)sc2n1. The summed E-state index contributed by atoms with van der Waals surface area (Å²) >= 11 is 1.37. The molecule has 5 rings (SSSR count). The minimum Gasteiger partial charge on any atom is -0.397 e. The summed E-state index contributed by atoms with van der Waals surface area (Å²) in [7, 11) is 0. The van der Waals surface area contributed by atoms with Crippen molar-refractivity contribution in [1.29, 1.82) is 0 Å². The Bertz CT molecular complexity index is 1070. The van der Waals surface area contributed by atoms with Crippen molar-refractivity contribution in [3.8, 4) is 0 Å². The van der Waals surface area contributed by atoms with Gasteiger partial charge >= 0.3 is 0 Å². The second-order valence-electron chi connectivity index (χ2n) is 8.94. The number of benzene rings is 1. The largest absolute Gasteiger partial charge is 0.397 e. The predicted octanol–water partition coefficient (Wildman–Crippen LogP) is 5.45. The number of pyridine rings is 1. The lowest BCUT2D eigenvalue weighted by atomic mass is 9.86. The maximum atomic E-state index is 12.6. The third-order valence-electron chi connectivity index (χ3n) is 7.13. The van der Waals surface area contributed by atoms with E-state index in [1.807, 2.05) is 19.1 Å². The number of carbonyl (C=O) groups excluding carboxylic acids is 1. The van der Waals surface area contributed by atoms with Crippen LogP contribution in [0, 0.1) is 18.8 Å². The third kappa shape index (κ3) is 3.60. The van der Waals surface area contributed by atoms with Crippen molar-refractivity contribution in [3.05, 3.63) is 58.1 Å². The number of nitrogens with two attached hydrogens (primary N) is 1. The fourth-order valence-corrected chi connectivity index (χ4v) is 6.62. The fourth-order valence-electron chi connectivity index (χ4n) is 5.57. The predicted molar refractivity (Wildman–Crippen MR) is 124 cm³/mol. The number of aromatic nitrogens is 1. The molecule has 30 heavy (non-hydrogen) atoms. The molecule has 1 aromatic carbocycles. The number of anilines is 1. The minimum atomic E-state index is -0.108. The summed E-state index contributed by atoms with van der Waals surface area (Å²) in [4.78, 5) is 18.5. The van der Waals surface area contributed by atoms with Crippen molar-refractivity contribution >= 4 is 33.1 Å². The van der Waals surface area contributed by atoms with E-state index >= 15 is 0 Å². The van der Waals surface area contributed by atoms with Gasteiger partial charge in [0.15, 0.2) is 0 Å². The van der Waals surface area contributed by atoms with E-state index in [0.717, 1.165) is 40.1 Å². The molecule has 1 unspecified atom stereocenters. The molecule has 4 nitrogen and oxygen atoms in total. The average molecular weight is 420 g/mol. The van der Waals surface area contributed by atoms with E-state index in [1.54, 1.807) is 0 Å². The lowest BCUT2D eigenvalue weighted by Crippen LogP contribution is -2.25. The van der Waals surface area contributed by atoms with E-state index in [1.165, 1.54) is 54.6 Å². The van der Waals surface area contributed by atoms with E-state index in [-0.39, 0.29) is 5.91 Å². The highest BCUT2D eigenvalue weighted by Gasteiger charge is 2.39. The standard InChI is InChI=1S/C25H29N3OS/c1-15-5-11-21-22(26)23(30-25(21)28-15)24(29)27-14-13-16-6-8-18(9-7-16)20-12-10-17-3-2-4-19(17)20/h5-9,11,17,19-20H,2-4,10,12-14,26H2,1H3,(H,27,29)/t17-,19-,20?/m0/s1. The summed E-state index contributed by atoms with van der Waals surface area (Å²) in [5, 5.41) is 3.89. The molecule has 1 amide bonds. The van der Waals surface area contributed by atoms with E-state index < -0.39 is 0 Å². The summed E-state index contributed by atoms with van der Waals surface area (Å²) in [5.41, 5.74) is 10.4. The molecule has 2 saturated carbocycles. The monoisotopic (exact) mass is 419 g/mol. The Kier molecular flexibility index (Phi) is 5.23. The van der Waals surface area contributed by atoms with Crippen molar-refractivity contribution in [1.82, 2.24) is 10.3 Å². The molecular formula is C25H29N3OS. The van der Waals surface area contributed by atoms with Crippen molar-refractivity contribution in [2.45, 2.75) is 51.4 Å². The quantitative estimate of drug-likeness (QED) is 0.577. The van der Waals surface area contributed by atoms with Crippen LogP contribution in [0.25, 0.3) is 10.2 Å². The Balaban J connectivity index is 1.19. The molecule has 3 N–H and O–H groups in total. The number of thiophene rings is 1. The van der Waals surface area contributed by atoms with Crippen molar-refractivity contribution < 1.29 is 4.79 Å². The normalized spacial score (nSPS) is 23.0. The molecular weight excluding hydrogens is 390 g/mol. The van der Waals surface area contributed by atoms with Crippen molar-refractivity contribution in [3.63, 3.8) is 0 Å². The van der Waals surface area contributed by atoms with Gasteiger partial charge in [0.25, 0.3) is 5.91 Å². The smallest absolute Gasteiger partial charge is 0.263 e. The average Bonchev–Trinajstić information content (AvgIpc) is 3.43. The first-order valence-corrected chi connectivity index (χ1v) is 11.9. The van der Waals surface area contributed by atoms with Gasteiger partial charge in [0.05, 0.1) is 5.69 Å². The van der Waals surface area contributed by atoms with E-state index in [0.29, 0.717) is 17.1 Å². The van der Waals surface area contributed by atoms with Gasteiger partial charge in [-0.15, -0.1) is 11.3 Å². The number of hydrogen-bond donors (Lipinski definition) is 2. The van der Waals surface area contributed by atoms with Crippen LogP contribution in [0.1, 0.15) is 64.5 Å². The number of hydrogen-bond acceptors (Lipinski definition) is 4. The van der Waals surface area contributed by atoms with Crippen molar-refractivity contribution in [2.75, 3.05) is 12.3 Å². The fraction of sp³-hybridized carbons (Fsp3) is 0.440. The number of aryl methyl sites for hydroxylation is 1. The van der Waals surface area contributed by atoms with Crippen LogP contribution in [0.5, 0.6) is 0 Å². The Hall–Kier alpha value is -2.40. The zero-order chi connectivity index (χ0) is 20.7. The molecule has 2 aliphatic carbocycles. The number of nitrogen functional groups attached to an aromatic ring is 1. The highest BCUT2D eigenvalue weighted by Crippen LogP contribution is 2.51. The van der Waals surface area contributed by atoms with Crippen LogP contribution >= 0.6 is 11.3 Å². The molecule has 5 heteroatoms. The maximum absolute atomic E-state index is 12.6. The Morgan fingerprint density at radius 3 is 2.80 bits per heavy atom. The third-order valence-corrected chi connectivity index (χ3v) is 8.24. The molecule has 0 saturated heterocycles. The van der Waals surface area contributed by atoms with Gasteiger partial charge in [-0.2, -0.15) is 0 Å². The highest BCUT2D eigenvalue weighted by molar-refractivity contribution is 7.21. The lowest BCUT2D eigenvalue weighted by molar-refractivity contribution is 0.0959. The Labute approximate surface area is 181 Å². The molecule has 2 aromatic heterocycles. The maximum Gasteiger partial charge on any atom is 0.263 e. The molecule has 0 bridgehead atoms. The number of amides is 1. The number of nitrogens with one attached hydrogen (secondary N) is 1. The highest BCUT2D eigenvalue weighted by atomic mass is 32.1. The van der Waals surface area contributed by atoms with Crippen LogP contribution < -0.4 is 11.1 Å². The zero-order valence-electron chi connectivity index (χ0n) is 17.5. The van der Waals surface area contributed by atoms with Crippen LogP contribution in [0.4, 0.5) is 5.69 Å². The summed E-state index contributed by atoms with van der Waals surface area (Å²) in [6.07, 6.45) is 7.88. The van der Waals surface area contributed by atoms with Gasteiger partial charge in [-0.25, -0.2) is 4.98 Å². The molecule has 3 atom stereocenters. The molecule has 0 spiro atoms. The van der Waals surface area contributed by atoms with Crippen LogP contribution in [-0.4, -0.2) is 17.4 Å². The van der Waals surface area contributed by atoms with Crippen molar-refractivity contribution in [2.24, 2.45) is 11.8 Å². The first-order valence-electron chi connectivity index (χ1n) is 11.1. The molecule has 2 fully saturated rings. The summed E-state index contributed by atoms with van der Waals surface area (Å²) < 4.78 is 0. The molecule has 2 aliphatic rings. The second kappa shape index (κ2) is 8.03. The van der Waals surface area contributed by atoms with Gasteiger partial charge in [-0.05, 0) is 73.6 Å². The first-order chi connectivity index (χ1) is 14.6. The molecule has 2 heterocycles. The molecule has 0 radical (unpaired) electrons. The number of fused-ring (bicyclic) bond motifs is 2. The van der Waals surface area contributed by atoms with Gasteiger partial charge in [0.2, 0.25) is 0 Å². The molecule has 0 aliphatic heterocycles. The van der Waals surface area contributed by atoms with Crippen LogP contribution in [0.15, 0.2) is 36.4 Å². The summed E-state index contributed by atoms with van der Waals surface area (Å²) in [5.74, 6) is 2.55. The van der Waals surface area contributed by atoms with Crippen LogP contribution in [0.2, 0.25) is 0 Å². The molecule has 156 valence electrons. The van der Waals surface area contributed by atoms with Crippen LogP contribution in [0.3, 0.4) is 0 Å². The number of carbonyl (C=O) groups is 1. The van der Waals surface area contributed by atoms with Crippen LogP contribution in [-0.2, 0) is 6.42 Å². The van der Waals surface area contributed by atoms with Gasteiger partial charge in [-0.3, -0.25) is 4.79 Å². The number of rotatable bonds is 5. The van der Waals surface area contributed by atoms with E-state index in [4.69, 9.17) is 5.73 Å². The van der Waals surface area contributed by atoms with E-state index in [9.17, 15) is 4.79 Å². The van der Waals surface area contributed by atoms with Gasteiger partial charge in [0.1, 0.15) is 9.71 Å². The first kappa shape index (κ1) is 19.6. The molecule has 3 aromatic rings. The zero-order valence-corrected chi connectivity index (χ0v) is 18.3. The summed E-state index contributed by atoms with van der Waals surface area (Å²) in [6, 6.07) is 13.0. The second-order valence-corrected chi connectivity index (χ2v) is 9.94. The van der Waals surface area contributed by atoms with E-state index in [2.05, 4.69) is 34.6 Å².